The van der Waals surface area contributed by atoms with E-state index in [-0.39, 0.29) is 0 Å². The number of hydrogen-bond donors (Lipinski definition) is 1. The van der Waals surface area contributed by atoms with Crippen molar-refractivity contribution in [2.24, 2.45) is 0 Å². The highest BCUT2D eigenvalue weighted by atomic mass is 15.2. The summed E-state index contributed by atoms with van der Waals surface area (Å²) in [4.78, 5) is 7.69. The minimum atomic E-state index is 0.577. The van der Waals surface area contributed by atoms with E-state index < -0.39 is 0 Å². The second kappa shape index (κ2) is 21.6. The smallest absolute Gasteiger partial charge is 0.0618 e. The molecule has 0 saturated heterocycles. The summed E-state index contributed by atoms with van der Waals surface area (Å²) in [7, 11) is 2.25. The van der Waals surface area contributed by atoms with Crippen molar-refractivity contribution < 1.29 is 0 Å². The van der Waals surface area contributed by atoms with Gasteiger partial charge in [-0.2, -0.15) is 5.26 Å². The topological polar surface area (TPSA) is 45.5 Å². The number of rotatable bonds is 16. The maximum atomic E-state index is 7.62. The monoisotopic (exact) mass is 383 g/mol. The van der Waals surface area contributed by atoms with Crippen LogP contribution in [0.5, 0.6) is 0 Å². The normalized spacial score (nSPS) is 12.2. The predicted octanol–water partition coefficient (Wildman–Crippen LogP) is 3.67. The third-order valence-corrected chi connectivity index (χ3v) is 4.56. The zero-order chi connectivity index (χ0) is 20.9. The Hall–Kier alpha value is -0.670. The molecule has 0 aliphatic carbocycles. The Kier molecular flexibility index (Phi) is 22.9. The molecule has 0 aromatic carbocycles. The molecule has 1 atom stereocenters. The lowest BCUT2D eigenvalue weighted by molar-refractivity contribution is 0.178. The molecular formula is C22H49N5. The molecule has 0 aliphatic rings. The lowest BCUT2D eigenvalue weighted by atomic mass is 10.2. The Balaban J connectivity index is 0. The molecule has 0 aliphatic heterocycles. The first-order chi connectivity index (χ1) is 13.0. The van der Waals surface area contributed by atoms with E-state index in [1.165, 1.54) is 65.1 Å². The summed E-state index contributed by atoms with van der Waals surface area (Å²) in [5.41, 5.74) is 0. The largest absolute Gasteiger partial charge is 0.313 e. The van der Waals surface area contributed by atoms with E-state index in [0.29, 0.717) is 12.5 Å². The van der Waals surface area contributed by atoms with E-state index in [1.54, 1.807) is 0 Å². The van der Waals surface area contributed by atoms with Gasteiger partial charge in [0.15, 0.2) is 0 Å². The van der Waals surface area contributed by atoms with Crippen LogP contribution in [0.1, 0.15) is 67.2 Å². The summed E-state index contributed by atoms with van der Waals surface area (Å²) < 4.78 is 0. The molecule has 0 fully saturated rings. The van der Waals surface area contributed by atoms with E-state index in [1.807, 2.05) is 13.0 Å². The number of nitriles is 1. The van der Waals surface area contributed by atoms with E-state index >= 15 is 0 Å². The van der Waals surface area contributed by atoms with Crippen molar-refractivity contribution in [3.05, 3.63) is 0 Å². The molecular weight excluding hydrogens is 334 g/mol. The molecule has 5 nitrogen and oxygen atoms in total. The Bertz CT molecular complexity index is 329. The number of nitrogens with one attached hydrogen (secondary N) is 1. The molecule has 0 amide bonds. The molecule has 162 valence electrons. The van der Waals surface area contributed by atoms with E-state index in [2.05, 4.69) is 61.7 Å². The van der Waals surface area contributed by atoms with E-state index in [0.717, 1.165) is 13.1 Å². The zero-order valence-corrected chi connectivity index (χ0v) is 19.6. The molecule has 27 heavy (non-hydrogen) atoms. The SMILES string of the molecule is CCC#N.CCCNC(C)CN(CCN(C)CCC)CCN(CC)CCC. The van der Waals surface area contributed by atoms with Crippen LogP contribution in [0.4, 0.5) is 0 Å². The maximum absolute atomic E-state index is 7.62. The summed E-state index contributed by atoms with van der Waals surface area (Å²) in [5, 5.41) is 11.3. The lowest BCUT2D eigenvalue weighted by Gasteiger charge is -2.30. The first kappa shape index (κ1) is 28.5. The molecule has 1 N–H and O–H groups in total. The second-order valence-electron chi connectivity index (χ2n) is 7.40. The van der Waals surface area contributed by atoms with Gasteiger partial charge >= 0.3 is 0 Å². The van der Waals surface area contributed by atoms with Crippen LogP contribution in [0.15, 0.2) is 0 Å². The molecule has 1 unspecified atom stereocenters. The van der Waals surface area contributed by atoms with Crippen molar-refractivity contribution in [3.8, 4) is 6.07 Å². The highest BCUT2D eigenvalue weighted by Gasteiger charge is 2.12. The van der Waals surface area contributed by atoms with Gasteiger partial charge < -0.3 is 15.1 Å². The minimum Gasteiger partial charge on any atom is -0.313 e. The van der Waals surface area contributed by atoms with Gasteiger partial charge in [-0.3, -0.25) is 4.90 Å². The fourth-order valence-corrected chi connectivity index (χ4v) is 2.97. The average Bonchev–Trinajstić information content (AvgIpc) is 2.67. The van der Waals surface area contributed by atoms with Crippen LogP contribution in [0.2, 0.25) is 0 Å². The number of nitrogens with zero attached hydrogens (tertiary/aromatic N) is 4. The molecule has 5 heteroatoms. The summed E-state index contributed by atoms with van der Waals surface area (Å²) in [6.45, 7) is 23.8. The van der Waals surface area contributed by atoms with Crippen LogP contribution in [-0.4, -0.2) is 86.7 Å². The number of likely N-dealkylation sites (N-methyl/N-ethyl adjacent to an activating group) is 2. The maximum Gasteiger partial charge on any atom is 0.0618 e. The Labute approximate surface area is 171 Å². The molecule has 0 spiro atoms. The van der Waals surface area contributed by atoms with Crippen molar-refractivity contribution in [2.45, 2.75) is 73.3 Å². The first-order valence-electron chi connectivity index (χ1n) is 11.2. The summed E-state index contributed by atoms with van der Waals surface area (Å²) in [6, 6.07) is 2.51. The molecule has 0 saturated carbocycles. The van der Waals surface area contributed by atoms with Gasteiger partial charge in [-0.25, -0.2) is 0 Å². The Morgan fingerprint density at radius 2 is 1.37 bits per heavy atom. The van der Waals surface area contributed by atoms with Gasteiger partial charge in [0.05, 0.1) is 6.07 Å². The zero-order valence-electron chi connectivity index (χ0n) is 19.6. The fourth-order valence-electron chi connectivity index (χ4n) is 2.97. The van der Waals surface area contributed by atoms with Gasteiger partial charge in [0.25, 0.3) is 0 Å². The molecule has 0 rings (SSSR count). The van der Waals surface area contributed by atoms with Crippen LogP contribution < -0.4 is 5.32 Å². The third kappa shape index (κ3) is 19.9. The minimum absolute atomic E-state index is 0.577. The standard InChI is InChI=1S/C19H44N4.C3H5N/c1-7-11-20-19(5)18-23(15-14-21(6)12-8-2)17-16-22(10-4)13-9-3;1-2-3-4/h19-20H,7-18H2,1-6H3;2H2,1H3. The van der Waals surface area contributed by atoms with Crippen molar-refractivity contribution in [3.63, 3.8) is 0 Å². The summed E-state index contributed by atoms with van der Waals surface area (Å²) >= 11 is 0. The third-order valence-electron chi connectivity index (χ3n) is 4.56. The highest BCUT2D eigenvalue weighted by Crippen LogP contribution is 1.98. The van der Waals surface area contributed by atoms with Crippen molar-refractivity contribution in [1.29, 1.82) is 5.26 Å². The molecule has 0 heterocycles. The fraction of sp³-hybridized carbons (Fsp3) is 0.955. The van der Waals surface area contributed by atoms with Crippen molar-refractivity contribution in [1.82, 2.24) is 20.0 Å². The molecule has 0 aromatic rings. The first-order valence-corrected chi connectivity index (χ1v) is 11.2. The van der Waals surface area contributed by atoms with Crippen molar-refractivity contribution in [2.75, 3.05) is 66.0 Å². The molecule has 0 bridgehead atoms. The van der Waals surface area contributed by atoms with E-state index in [9.17, 15) is 0 Å². The van der Waals surface area contributed by atoms with Gasteiger partial charge in [-0.1, -0.05) is 34.6 Å². The second-order valence-corrected chi connectivity index (χ2v) is 7.40. The van der Waals surface area contributed by atoms with Gasteiger partial charge in [-0.15, -0.1) is 0 Å². The Morgan fingerprint density at radius 1 is 0.815 bits per heavy atom. The average molecular weight is 384 g/mol. The number of hydrogen-bond acceptors (Lipinski definition) is 5. The van der Waals surface area contributed by atoms with Crippen molar-refractivity contribution >= 4 is 0 Å². The van der Waals surface area contributed by atoms with Gasteiger partial charge in [0.1, 0.15) is 0 Å². The Morgan fingerprint density at radius 3 is 1.85 bits per heavy atom. The molecule has 0 aromatic heterocycles. The lowest BCUT2D eigenvalue weighted by Crippen LogP contribution is -2.45. The molecule has 0 radical (unpaired) electrons. The van der Waals surface area contributed by atoms with Crippen LogP contribution in [0, 0.1) is 11.3 Å². The highest BCUT2D eigenvalue weighted by molar-refractivity contribution is 4.71. The van der Waals surface area contributed by atoms with Crippen LogP contribution in [0.3, 0.4) is 0 Å². The van der Waals surface area contributed by atoms with Crippen LogP contribution in [-0.2, 0) is 0 Å². The van der Waals surface area contributed by atoms with Gasteiger partial charge in [-0.05, 0) is 59.4 Å². The predicted molar refractivity (Wildman–Crippen MR) is 120 cm³/mol. The quantitative estimate of drug-likeness (QED) is 0.440. The van der Waals surface area contributed by atoms with Crippen LogP contribution in [0.25, 0.3) is 0 Å². The van der Waals surface area contributed by atoms with E-state index in [4.69, 9.17) is 5.26 Å². The summed E-state index contributed by atoms with van der Waals surface area (Å²) in [6.07, 6.45) is 4.33. The van der Waals surface area contributed by atoms with Crippen LogP contribution >= 0.6 is 0 Å². The van der Waals surface area contributed by atoms with Gasteiger partial charge in [0, 0.05) is 45.2 Å². The van der Waals surface area contributed by atoms with Gasteiger partial charge in [0.2, 0.25) is 0 Å². The summed E-state index contributed by atoms with van der Waals surface area (Å²) in [5.74, 6) is 0.